The number of nitrogens with two attached hydrogens (primary N) is 1. The van der Waals surface area contributed by atoms with E-state index in [0.29, 0.717) is 16.0 Å². The summed E-state index contributed by atoms with van der Waals surface area (Å²) < 4.78 is 23.0. The van der Waals surface area contributed by atoms with Crippen molar-refractivity contribution >= 4 is 40.6 Å². The quantitative estimate of drug-likeness (QED) is 0.515. The molecule has 3 aromatic rings. The fourth-order valence-electron chi connectivity index (χ4n) is 4.67. The van der Waals surface area contributed by atoms with Crippen molar-refractivity contribution in [1.82, 2.24) is 4.57 Å². The van der Waals surface area contributed by atoms with Crippen molar-refractivity contribution in [3.8, 4) is 16.2 Å². The number of aromatic nitrogens is 1. The smallest absolute Gasteiger partial charge is 0.341 e. The number of aromatic carboxylic acids is 1. The van der Waals surface area contributed by atoms with Gasteiger partial charge >= 0.3 is 5.97 Å². The summed E-state index contributed by atoms with van der Waals surface area (Å²) in [4.78, 5) is 26.3. The van der Waals surface area contributed by atoms with Crippen LogP contribution < -0.4 is 15.9 Å². The summed E-state index contributed by atoms with van der Waals surface area (Å²) >= 11 is 1.47. The second-order valence-corrected chi connectivity index (χ2v) is 10.5. The number of rotatable bonds is 4. The molecule has 9 heteroatoms. The fraction of sp³-hybridized carbons (Fsp3) is 0.417. The third-order valence-corrected chi connectivity index (χ3v) is 8.13. The van der Waals surface area contributed by atoms with Gasteiger partial charge in [0.1, 0.15) is 11.4 Å². The topological polar surface area (TPSA) is 94.6 Å². The lowest BCUT2D eigenvalue weighted by molar-refractivity contribution is 0.0695. The minimum Gasteiger partial charge on any atom is -0.494 e. The Hall–Kier alpha value is -2.42. The Morgan fingerprint density at radius 1 is 1.33 bits per heavy atom. The van der Waals surface area contributed by atoms with Gasteiger partial charge in [-0.3, -0.25) is 4.79 Å². The molecule has 1 fully saturated rings. The minimum absolute atomic E-state index is 0. The largest absolute Gasteiger partial charge is 0.494 e. The summed E-state index contributed by atoms with van der Waals surface area (Å²) in [5, 5.41) is 9.51. The first-order valence-corrected chi connectivity index (χ1v) is 11.5. The first-order valence-electron chi connectivity index (χ1n) is 10.7. The van der Waals surface area contributed by atoms with Crippen molar-refractivity contribution in [3.63, 3.8) is 0 Å². The number of aryl methyl sites for hydroxylation is 1. The average molecular weight is 493 g/mol. The molecule has 1 saturated carbocycles. The highest BCUT2D eigenvalue weighted by atomic mass is 35.5. The molecule has 1 atom stereocenters. The normalized spacial score (nSPS) is 19.1. The zero-order valence-corrected chi connectivity index (χ0v) is 20.2. The number of pyridine rings is 1. The van der Waals surface area contributed by atoms with Gasteiger partial charge in [-0.1, -0.05) is 13.8 Å². The zero-order valence-electron chi connectivity index (χ0n) is 18.6. The molecule has 3 N–H and O–H groups in total. The second-order valence-electron chi connectivity index (χ2n) is 9.44. The van der Waals surface area contributed by atoms with E-state index in [1.807, 2.05) is 6.07 Å². The Morgan fingerprint density at radius 3 is 2.64 bits per heavy atom. The molecule has 2 heterocycles. The van der Waals surface area contributed by atoms with E-state index in [1.54, 1.807) is 4.57 Å². The number of hydrogen-bond acceptors (Lipinski definition) is 5. The molecule has 33 heavy (non-hydrogen) atoms. The summed E-state index contributed by atoms with van der Waals surface area (Å²) in [5.41, 5.74) is 7.29. The number of nitrogens with zero attached hydrogens (tertiary/aromatic N) is 1. The first kappa shape index (κ1) is 23.7. The second kappa shape index (κ2) is 8.11. The molecule has 0 saturated heterocycles. The van der Waals surface area contributed by atoms with E-state index in [1.165, 1.54) is 24.6 Å². The number of carboxylic acids is 1. The molecular weight excluding hydrogens is 467 g/mol. The summed E-state index contributed by atoms with van der Waals surface area (Å²) in [5.74, 6) is -1.67. The van der Waals surface area contributed by atoms with Gasteiger partial charge in [0.25, 0.3) is 0 Å². The Morgan fingerprint density at radius 2 is 2.03 bits per heavy atom. The molecule has 2 aromatic heterocycles. The van der Waals surface area contributed by atoms with E-state index in [9.17, 15) is 14.7 Å². The third kappa shape index (κ3) is 3.64. The van der Waals surface area contributed by atoms with Crippen molar-refractivity contribution in [1.29, 1.82) is 0 Å². The predicted octanol–water partition coefficient (Wildman–Crippen LogP) is 5.30. The third-order valence-electron chi connectivity index (χ3n) is 6.85. The molecule has 2 aliphatic carbocycles. The van der Waals surface area contributed by atoms with E-state index in [-0.39, 0.29) is 46.6 Å². The molecule has 1 unspecified atom stereocenters. The number of methoxy groups -OCH3 is 1. The maximum absolute atomic E-state index is 15.5. The molecule has 0 bridgehead atoms. The van der Waals surface area contributed by atoms with E-state index < -0.39 is 17.2 Å². The van der Waals surface area contributed by atoms with Crippen molar-refractivity contribution in [2.24, 2.45) is 11.1 Å². The zero-order chi connectivity index (χ0) is 22.9. The lowest BCUT2D eigenvalue weighted by atomic mass is 9.74. The number of benzene rings is 1. The molecule has 0 spiro atoms. The van der Waals surface area contributed by atoms with E-state index in [2.05, 4.69) is 13.8 Å². The number of carbonyl (C=O) groups is 1. The molecule has 0 aliphatic heterocycles. The van der Waals surface area contributed by atoms with E-state index >= 15 is 4.39 Å². The van der Waals surface area contributed by atoms with Crippen LogP contribution in [0, 0.1) is 11.2 Å². The van der Waals surface area contributed by atoms with Crippen LogP contribution >= 0.6 is 23.7 Å². The van der Waals surface area contributed by atoms with Gasteiger partial charge in [-0.25, -0.2) is 9.18 Å². The van der Waals surface area contributed by atoms with Gasteiger partial charge in [-0.2, -0.15) is 0 Å². The summed E-state index contributed by atoms with van der Waals surface area (Å²) in [6.45, 7) is 4.29. The molecule has 6 nitrogen and oxygen atoms in total. The Balaban J connectivity index is 0.00000259. The van der Waals surface area contributed by atoms with Gasteiger partial charge in [-0.05, 0) is 48.8 Å². The van der Waals surface area contributed by atoms with Gasteiger partial charge in [0.2, 0.25) is 5.43 Å². The van der Waals surface area contributed by atoms with Crippen LogP contribution in [0.25, 0.3) is 21.3 Å². The molecule has 1 aromatic carbocycles. The lowest BCUT2D eigenvalue weighted by Gasteiger charge is -2.35. The molecule has 2 aliphatic rings. The molecule has 0 amide bonds. The summed E-state index contributed by atoms with van der Waals surface area (Å²) in [6.07, 6.45) is 4.92. The minimum atomic E-state index is -1.32. The SMILES string of the molecule is COc1c(-c2cc3c(s2)C(N)C(C)(C)CC3)c(F)cc2c(=O)c(C(=O)O)cn(C3CC3)c12.Cl. The Labute approximate surface area is 200 Å². The first-order chi connectivity index (χ1) is 15.1. The molecular formula is C24H26ClFN2O4S. The van der Waals surface area contributed by atoms with Gasteiger partial charge in [-0.15, -0.1) is 23.7 Å². The van der Waals surface area contributed by atoms with Crippen LogP contribution in [0.1, 0.15) is 66.0 Å². The van der Waals surface area contributed by atoms with Gasteiger partial charge in [0.15, 0.2) is 5.75 Å². The van der Waals surface area contributed by atoms with E-state index in [0.717, 1.165) is 42.2 Å². The van der Waals surface area contributed by atoms with Crippen LogP contribution in [0.2, 0.25) is 0 Å². The average Bonchev–Trinajstić information content (AvgIpc) is 3.49. The van der Waals surface area contributed by atoms with Gasteiger partial charge < -0.3 is 20.1 Å². The van der Waals surface area contributed by atoms with Crippen LogP contribution in [0.15, 0.2) is 23.1 Å². The lowest BCUT2D eigenvalue weighted by Crippen LogP contribution is -2.32. The van der Waals surface area contributed by atoms with Crippen molar-refractivity contribution < 1.29 is 19.0 Å². The molecule has 0 radical (unpaired) electrons. The highest BCUT2D eigenvalue weighted by Crippen LogP contribution is 2.50. The van der Waals surface area contributed by atoms with Crippen molar-refractivity contribution in [3.05, 3.63) is 50.4 Å². The van der Waals surface area contributed by atoms with Crippen LogP contribution in [0.5, 0.6) is 5.75 Å². The van der Waals surface area contributed by atoms with Crippen molar-refractivity contribution in [2.45, 2.75) is 51.6 Å². The molecule has 5 rings (SSSR count). The van der Waals surface area contributed by atoms with Gasteiger partial charge in [0, 0.05) is 28.0 Å². The highest BCUT2D eigenvalue weighted by Gasteiger charge is 2.36. The van der Waals surface area contributed by atoms with Crippen LogP contribution in [0.4, 0.5) is 4.39 Å². The highest BCUT2D eigenvalue weighted by molar-refractivity contribution is 7.15. The number of hydrogen-bond donors (Lipinski definition) is 2. The maximum atomic E-state index is 15.5. The predicted molar refractivity (Wildman–Crippen MR) is 130 cm³/mol. The Kier molecular flexibility index (Phi) is 5.83. The Bertz CT molecular complexity index is 1340. The van der Waals surface area contributed by atoms with Crippen molar-refractivity contribution in [2.75, 3.05) is 7.11 Å². The van der Waals surface area contributed by atoms with Crippen LogP contribution in [-0.4, -0.2) is 22.8 Å². The molecule has 176 valence electrons. The van der Waals surface area contributed by atoms with Crippen LogP contribution in [-0.2, 0) is 6.42 Å². The summed E-state index contributed by atoms with van der Waals surface area (Å²) in [7, 11) is 1.45. The monoisotopic (exact) mass is 492 g/mol. The van der Waals surface area contributed by atoms with Gasteiger partial charge in [0.05, 0.1) is 23.6 Å². The standard InChI is InChI=1S/C24H25FN2O4S.ClH/c1-24(2)7-6-11-8-16(32-21(11)22(24)26)17-15(25)9-13-18(20(17)31-3)27(12-4-5-12)10-14(19(13)28)23(29)30;/h8-10,12,22H,4-7,26H2,1-3H3,(H,29,30);1H. The number of thiophene rings is 1. The van der Waals surface area contributed by atoms with E-state index in [4.69, 9.17) is 10.5 Å². The number of carboxylic acid groups (broad SMARTS) is 1. The van der Waals surface area contributed by atoms with Crippen LogP contribution in [0.3, 0.4) is 0 Å². The number of fused-ring (bicyclic) bond motifs is 2. The summed E-state index contributed by atoms with van der Waals surface area (Å²) in [6, 6.07) is 3.06. The maximum Gasteiger partial charge on any atom is 0.341 e. The number of ether oxygens (including phenoxy) is 1. The fourth-order valence-corrected chi connectivity index (χ4v) is 6.13. The number of halogens is 2.